The number of aliphatic hydroxyl groups is 1. The van der Waals surface area contributed by atoms with Crippen LogP contribution in [0.15, 0.2) is 21.7 Å². The van der Waals surface area contributed by atoms with E-state index in [1.54, 1.807) is 0 Å². The molecule has 1 fully saturated rings. The summed E-state index contributed by atoms with van der Waals surface area (Å²) in [5.74, 6) is 0.305. The van der Waals surface area contributed by atoms with Crippen LogP contribution in [0.25, 0.3) is 22.6 Å². The normalized spacial score (nSPS) is 18.0. The second-order valence-electron chi connectivity index (χ2n) is 7.25. The number of H-pyrrole nitrogens is 1. The fourth-order valence-electron chi connectivity index (χ4n) is 3.90. The monoisotopic (exact) mass is 369 g/mol. The van der Waals surface area contributed by atoms with Crippen molar-refractivity contribution in [2.24, 2.45) is 0 Å². The highest BCUT2D eigenvalue weighted by molar-refractivity contribution is 5.81. The van der Waals surface area contributed by atoms with Gasteiger partial charge in [0.05, 0.1) is 17.6 Å². The molecule has 0 unspecified atom stereocenters. The zero-order valence-corrected chi connectivity index (χ0v) is 15.5. The van der Waals surface area contributed by atoms with Gasteiger partial charge in [0.1, 0.15) is 0 Å². The Morgan fingerprint density at radius 1 is 1.19 bits per heavy atom. The van der Waals surface area contributed by atoms with Crippen LogP contribution < -0.4 is 11.2 Å². The zero-order valence-electron chi connectivity index (χ0n) is 15.5. The molecule has 3 aliphatic heterocycles. The lowest BCUT2D eigenvalue weighted by molar-refractivity contribution is 0.155. The minimum atomic E-state index is -0.666. The van der Waals surface area contributed by atoms with Crippen molar-refractivity contribution in [3.63, 3.8) is 0 Å². The first-order valence-electron chi connectivity index (χ1n) is 9.24. The summed E-state index contributed by atoms with van der Waals surface area (Å²) in [6.45, 7) is 6.37. The number of hydrogen-bond donors (Lipinski definition) is 2. The molecule has 142 valence electrons. The van der Waals surface area contributed by atoms with E-state index in [4.69, 9.17) is 0 Å². The molecule has 0 amide bonds. The van der Waals surface area contributed by atoms with Crippen molar-refractivity contribution in [1.29, 1.82) is 0 Å². The fourth-order valence-corrected chi connectivity index (χ4v) is 3.90. The van der Waals surface area contributed by atoms with Crippen LogP contribution in [0.5, 0.6) is 0 Å². The van der Waals surface area contributed by atoms with Crippen molar-refractivity contribution in [3.8, 4) is 11.5 Å². The molecule has 8 nitrogen and oxygen atoms in total. The molecule has 4 rings (SSSR count). The van der Waals surface area contributed by atoms with Gasteiger partial charge in [0.25, 0.3) is 5.56 Å². The van der Waals surface area contributed by atoms with Gasteiger partial charge in [-0.2, -0.15) is 4.98 Å². The lowest BCUT2D eigenvalue weighted by Gasteiger charge is -2.25. The van der Waals surface area contributed by atoms with E-state index in [1.807, 2.05) is 30.5 Å². The van der Waals surface area contributed by atoms with E-state index < -0.39 is 11.2 Å². The van der Waals surface area contributed by atoms with E-state index in [9.17, 15) is 14.7 Å². The van der Waals surface area contributed by atoms with Gasteiger partial charge in [-0.15, -0.1) is 0 Å². The maximum absolute atomic E-state index is 12.3. The molecule has 8 heteroatoms. The molecular formula is C19H23N5O3. The van der Waals surface area contributed by atoms with E-state index in [1.165, 1.54) is 0 Å². The van der Waals surface area contributed by atoms with Gasteiger partial charge < -0.3 is 9.67 Å². The minimum Gasteiger partial charge on any atom is -0.395 e. The molecule has 1 atom stereocenters. The van der Waals surface area contributed by atoms with Crippen LogP contribution in [-0.4, -0.2) is 55.3 Å². The van der Waals surface area contributed by atoms with Crippen LogP contribution in [0, 0.1) is 13.8 Å². The summed E-state index contributed by atoms with van der Waals surface area (Å²) in [7, 11) is 0. The molecule has 0 radical (unpaired) electrons. The number of benzene rings is 1. The zero-order chi connectivity index (χ0) is 19.1. The topological polar surface area (TPSA) is 104 Å². The van der Waals surface area contributed by atoms with Crippen molar-refractivity contribution < 1.29 is 5.11 Å². The van der Waals surface area contributed by atoms with Gasteiger partial charge in [0.2, 0.25) is 0 Å². The Bertz CT molecular complexity index is 1090. The molecule has 1 aromatic carbocycles. The Hall–Kier alpha value is -2.58. The van der Waals surface area contributed by atoms with Crippen LogP contribution in [0.3, 0.4) is 0 Å². The Morgan fingerprint density at radius 3 is 2.74 bits per heavy atom. The van der Waals surface area contributed by atoms with Crippen molar-refractivity contribution in [1.82, 2.24) is 24.4 Å². The van der Waals surface area contributed by atoms with Crippen molar-refractivity contribution in [2.75, 3.05) is 19.7 Å². The largest absolute Gasteiger partial charge is 0.395 e. The van der Waals surface area contributed by atoms with Gasteiger partial charge in [-0.25, -0.2) is 9.78 Å². The standard InChI is InChI=1S/C19H23N5O3/c1-11-8-14-15(9-12(11)2)24(7-6-23-5-3-4-13(23)10-25)17-16(20-14)18(26)22-19(27)21-17/h8-9,13,25H,3-7,10H2,1-2H3,(H,22,26,27)/t13-/m0/s1. The first kappa shape index (κ1) is 17.8. The van der Waals surface area contributed by atoms with Crippen molar-refractivity contribution in [3.05, 3.63) is 44.1 Å². The van der Waals surface area contributed by atoms with E-state index in [0.29, 0.717) is 24.4 Å². The van der Waals surface area contributed by atoms with Crippen molar-refractivity contribution in [2.45, 2.75) is 39.3 Å². The van der Waals surface area contributed by atoms with Gasteiger partial charge in [-0.3, -0.25) is 14.7 Å². The summed E-state index contributed by atoms with van der Waals surface area (Å²) < 4.78 is 1.91. The van der Waals surface area contributed by atoms with E-state index >= 15 is 0 Å². The smallest absolute Gasteiger partial charge is 0.349 e. The summed E-state index contributed by atoms with van der Waals surface area (Å²) in [4.78, 5) is 37.1. The average Bonchev–Trinajstić information content (AvgIpc) is 3.08. The van der Waals surface area contributed by atoms with Gasteiger partial charge in [-0.1, -0.05) is 0 Å². The number of aromatic nitrogens is 4. The predicted octanol–water partition coefficient (Wildman–Crippen LogP) is 0.658. The quantitative estimate of drug-likeness (QED) is 0.655. The SMILES string of the molecule is Cc1cc2nc3c(=O)[nH]c(=O)nc-3n(CCN3CCC[C@H]3CO)c2cc1C. The number of nitrogens with zero attached hydrogens (tertiary/aromatic N) is 4. The first-order chi connectivity index (χ1) is 13.0. The number of rotatable bonds is 4. The summed E-state index contributed by atoms with van der Waals surface area (Å²) in [6.07, 6.45) is 2.05. The molecule has 1 aromatic rings. The fraction of sp³-hybridized carbons (Fsp3) is 0.474. The van der Waals surface area contributed by atoms with Gasteiger partial charge in [0, 0.05) is 19.1 Å². The second kappa shape index (κ2) is 6.86. The number of aryl methyl sites for hydroxylation is 2. The molecule has 1 saturated heterocycles. The molecule has 0 saturated carbocycles. The average molecular weight is 369 g/mol. The number of aromatic amines is 1. The summed E-state index contributed by atoms with van der Waals surface area (Å²) in [5.41, 5.74) is 2.74. The Kier molecular flexibility index (Phi) is 4.53. The van der Waals surface area contributed by atoms with Gasteiger partial charge in [-0.05, 0) is 56.5 Å². The molecule has 27 heavy (non-hydrogen) atoms. The van der Waals surface area contributed by atoms with Crippen LogP contribution in [-0.2, 0) is 6.54 Å². The van der Waals surface area contributed by atoms with Crippen LogP contribution in [0.1, 0.15) is 24.0 Å². The van der Waals surface area contributed by atoms with Gasteiger partial charge in [0.15, 0.2) is 11.5 Å². The van der Waals surface area contributed by atoms with E-state index in [-0.39, 0.29) is 18.3 Å². The minimum absolute atomic E-state index is 0.142. The lowest BCUT2D eigenvalue weighted by Crippen LogP contribution is -2.36. The number of fused-ring (bicyclic) bond motifs is 2. The molecule has 0 bridgehead atoms. The third-order valence-corrected chi connectivity index (χ3v) is 5.55. The number of nitrogens with one attached hydrogen (secondary N) is 1. The van der Waals surface area contributed by atoms with Gasteiger partial charge >= 0.3 is 5.69 Å². The molecule has 2 N–H and O–H groups in total. The molecular weight excluding hydrogens is 346 g/mol. The van der Waals surface area contributed by atoms with E-state index in [0.717, 1.165) is 36.0 Å². The summed E-state index contributed by atoms with van der Waals surface area (Å²) in [6, 6.07) is 4.15. The number of hydrogen-bond acceptors (Lipinski definition) is 6. The predicted molar refractivity (Wildman–Crippen MR) is 102 cm³/mol. The molecule has 0 spiro atoms. The Balaban J connectivity index is 1.88. The number of aliphatic hydroxyl groups excluding tert-OH is 1. The molecule has 0 aliphatic carbocycles. The Morgan fingerprint density at radius 2 is 1.96 bits per heavy atom. The van der Waals surface area contributed by atoms with E-state index in [2.05, 4.69) is 19.9 Å². The third kappa shape index (κ3) is 3.15. The second-order valence-corrected chi connectivity index (χ2v) is 7.25. The first-order valence-corrected chi connectivity index (χ1v) is 9.24. The summed E-state index contributed by atoms with van der Waals surface area (Å²) >= 11 is 0. The molecule has 0 aromatic heterocycles. The van der Waals surface area contributed by atoms with Crippen LogP contribution in [0.4, 0.5) is 0 Å². The van der Waals surface area contributed by atoms with Crippen molar-refractivity contribution >= 4 is 11.0 Å². The lowest BCUT2D eigenvalue weighted by atomic mass is 10.1. The highest BCUT2D eigenvalue weighted by Gasteiger charge is 2.25. The maximum Gasteiger partial charge on any atom is 0.349 e. The Labute approximate surface area is 155 Å². The molecule has 3 heterocycles. The van der Waals surface area contributed by atoms with Crippen LogP contribution >= 0.6 is 0 Å². The highest BCUT2D eigenvalue weighted by atomic mass is 16.3. The third-order valence-electron chi connectivity index (χ3n) is 5.55. The highest BCUT2D eigenvalue weighted by Crippen LogP contribution is 2.24. The maximum atomic E-state index is 12.3. The molecule has 3 aliphatic rings. The van der Waals surface area contributed by atoms with Crippen LogP contribution in [0.2, 0.25) is 0 Å². The summed E-state index contributed by atoms with van der Waals surface area (Å²) in [5, 5.41) is 9.56. The number of likely N-dealkylation sites (tertiary alicyclic amines) is 1.